The third kappa shape index (κ3) is 3.83. The summed E-state index contributed by atoms with van der Waals surface area (Å²) < 4.78 is 15.9. The van der Waals surface area contributed by atoms with E-state index in [0.29, 0.717) is 17.9 Å². The van der Waals surface area contributed by atoms with Crippen LogP contribution in [-0.4, -0.2) is 23.0 Å². The molecule has 1 atom stereocenters. The lowest BCUT2D eigenvalue weighted by molar-refractivity contribution is 0.0526. The zero-order valence-electron chi connectivity index (χ0n) is 8.86. The Bertz CT molecular complexity index is 374. The largest absolute Gasteiger partial charge is 0.462 e. The zero-order valence-corrected chi connectivity index (χ0v) is 9.67. The van der Waals surface area contributed by atoms with Gasteiger partial charge in [0.15, 0.2) is 0 Å². The number of ether oxygens (including phenoxy) is 1. The molecule has 1 unspecified atom stereocenters. The van der Waals surface area contributed by atoms with Crippen LogP contribution in [0, 0.1) is 0 Å². The number of benzene rings is 1. The topological polar surface area (TPSA) is 43.4 Å². The standard InChI is InChI=1S/C11H14O3S/c1-3-14-11(12)10-6-4-5-9(7-10)8-15(2)13/h4-7H,3,8H2,1-2H3. The molecular weight excluding hydrogens is 212 g/mol. The summed E-state index contributed by atoms with van der Waals surface area (Å²) in [5, 5.41) is 0. The van der Waals surface area contributed by atoms with Gasteiger partial charge in [-0.1, -0.05) is 12.1 Å². The Hall–Kier alpha value is -1.16. The molecule has 0 spiro atoms. The van der Waals surface area contributed by atoms with Crippen molar-refractivity contribution in [1.82, 2.24) is 0 Å². The Labute approximate surface area is 91.9 Å². The van der Waals surface area contributed by atoms with Crippen LogP contribution in [-0.2, 0) is 21.3 Å². The molecule has 0 radical (unpaired) electrons. The highest BCUT2D eigenvalue weighted by Gasteiger charge is 2.06. The lowest BCUT2D eigenvalue weighted by atomic mass is 10.1. The first-order valence-corrected chi connectivity index (χ1v) is 6.42. The van der Waals surface area contributed by atoms with Crippen molar-refractivity contribution < 1.29 is 13.7 Å². The predicted molar refractivity (Wildman–Crippen MR) is 60.2 cm³/mol. The van der Waals surface area contributed by atoms with Crippen molar-refractivity contribution in [3.63, 3.8) is 0 Å². The Morgan fingerprint density at radius 2 is 2.20 bits per heavy atom. The van der Waals surface area contributed by atoms with Crippen molar-refractivity contribution in [3.8, 4) is 0 Å². The molecule has 3 nitrogen and oxygen atoms in total. The Kier molecular flexibility index (Phi) is 4.49. The van der Waals surface area contributed by atoms with Crippen molar-refractivity contribution in [2.75, 3.05) is 12.9 Å². The number of hydrogen-bond donors (Lipinski definition) is 0. The number of carbonyl (C=O) groups is 1. The quantitative estimate of drug-likeness (QED) is 0.734. The molecule has 0 aliphatic carbocycles. The molecule has 1 aromatic rings. The van der Waals surface area contributed by atoms with Gasteiger partial charge in [0.2, 0.25) is 0 Å². The van der Waals surface area contributed by atoms with Crippen LogP contribution in [0.3, 0.4) is 0 Å². The minimum atomic E-state index is -0.894. The number of rotatable bonds is 4. The van der Waals surface area contributed by atoms with Gasteiger partial charge in [-0.05, 0) is 24.6 Å². The molecule has 1 aromatic carbocycles. The summed E-state index contributed by atoms with van der Waals surface area (Å²) in [5.41, 5.74) is 1.40. The Balaban J connectivity index is 2.82. The lowest BCUT2D eigenvalue weighted by Crippen LogP contribution is -2.05. The van der Waals surface area contributed by atoms with E-state index in [1.807, 2.05) is 6.07 Å². The smallest absolute Gasteiger partial charge is 0.338 e. The van der Waals surface area contributed by atoms with Gasteiger partial charge in [-0.3, -0.25) is 4.21 Å². The fourth-order valence-electron chi connectivity index (χ4n) is 1.24. The van der Waals surface area contributed by atoms with Gasteiger partial charge in [-0.25, -0.2) is 4.79 Å². The van der Waals surface area contributed by atoms with Crippen molar-refractivity contribution in [3.05, 3.63) is 35.4 Å². The van der Waals surface area contributed by atoms with Gasteiger partial charge in [-0.15, -0.1) is 0 Å². The van der Waals surface area contributed by atoms with Crippen LogP contribution in [0.1, 0.15) is 22.8 Å². The number of esters is 1. The molecule has 0 aliphatic rings. The zero-order chi connectivity index (χ0) is 11.3. The van der Waals surface area contributed by atoms with Crippen LogP contribution >= 0.6 is 0 Å². The third-order valence-corrected chi connectivity index (χ3v) is 2.55. The van der Waals surface area contributed by atoms with Gasteiger partial charge in [0.25, 0.3) is 0 Å². The average molecular weight is 226 g/mol. The van der Waals surface area contributed by atoms with E-state index in [1.54, 1.807) is 31.4 Å². The number of carbonyl (C=O) groups excluding carboxylic acids is 1. The molecule has 0 fully saturated rings. The Morgan fingerprint density at radius 3 is 2.80 bits per heavy atom. The molecule has 82 valence electrons. The van der Waals surface area contributed by atoms with Gasteiger partial charge in [0, 0.05) is 22.8 Å². The van der Waals surface area contributed by atoms with Crippen molar-refractivity contribution in [2.24, 2.45) is 0 Å². The summed E-state index contributed by atoms with van der Waals surface area (Å²) in [6.45, 7) is 2.13. The predicted octanol–water partition coefficient (Wildman–Crippen LogP) is 1.74. The first-order chi connectivity index (χ1) is 7.13. The van der Waals surface area contributed by atoms with Crippen LogP contribution in [0.15, 0.2) is 24.3 Å². The van der Waals surface area contributed by atoms with Gasteiger partial charge in [0.05, 0.1) is 12.2 Å². The van der Waals surface area contributed by atoms with Gasteiger partial charge in [0.1, 0.15) is 0 Å². The molecule has 0 saturated heterocycles. The van der Waals surface area contributed by atoms with Gasteiger partial charge < -0.3 is 4.74 Å². The van der Waals surface area contributed by atoms with Crippen LogP contribution < -0.4 is 0 Å². The second kappa shape index (κ2) is 5.66. The van der Waals surface area contributed by atoms with Gasteiger partial charge >= 0.3 is 5.97 Å². The molecular formula is C11H14O3S. The second-order valence-electron chi connectivity index (χ2n) is 3.14. The number of hydrogen-bond acceptors (Lipinski definition) is 3. The minimum Gasteiger partial charge on any atom is -0.462 e. The molecule has 0 heterocycles. The third-order valence-electron chi connectivity index (χ3n) is 1.81. The normalized spacial score (nSPS) is 12.1. The fourth-order valence-corrected chi connectivity index (χ4v) is 1.89. The first-order valence-electron chi connectivity index (χ1n) is 4.69. The highest BCUT2D eigenvalue weighted by molar-refractivity contribution is 7.83. The van der Waals surface area contributed by atoms with E-state index in [-0.39, 0.29) is 5.97 Å². The maximum absolute atomic E-state index is 11.4. The highest BCUT2D eigenvalue weighted by atomic mass is 32.2. The van der Waals surface area contributed by atoms with E-state index in [0.717, 1.165) is 5.56 Å². The summed E-state index contributed by atoms with van der Waals surface area (Å²) in [7, 11) is -0.894. The van der Waals surface area contributed by atoms with E-state index in [1.165, 1.54) is 0 Å². The van der Waals surface area contributed by atoms with Crippen molar-refractivity contribution in [2.45, 2.75) is 12.7 Å². The molecule has 4 heteroatoms. The van der Waals surface area contributed by atoms with E-state index >= 15 is 0 Å². The summed E-state index contributed by atoms with van der Waals surface area (Å²) in [6.07, 6.45) is 1.64. The lowest BCUT2D eigenvalue weighted by Gasteiger charge is -2.03. The van der Waals surface area contributed by atoms with Gasteiger partial charge in [-0.2, -0.15) is 0 Å². The van der Waals surface area contributed by atoms with E-state index in [4.69, 9.17) is 4.74 Å². The van der Waals surface area contributed by atoms with Crippen LogP contribution in [0.25, 0.3) is 0 Å². The maximum atomic E-state index is 11.4. The van der Waals surface area contributed by atoms with Crippen LogP contribution in [0.4, 0.5) is 0 Å². The molecule has 0 aromatic heterocycles. The Morgan fingerprint density at radius 1 is 1.47 bits per heavy atom. The summed E-state index contributed by atoms with van der Waals surface area (Å²) in [5.74, 6) is 0.133. The molecule has 0 aliphatic heterocycles. The highest BCUT2D eigenvalue weighted by Crippen LogP contribution is 2.08. The molecule has 0 saturated carbocycles. The first kappa shape index (κ1) is 11.9. The van der Waals surface area contributed by atoms with Crippen molar-refractivity contribution in [1.29, 1.82) is 0 Å². The monoisotopic (exact) mass is 226 g/mol. The minimum absolute atomic E-state index is 0.332. The SMILES string of the molecule is CCOC(=O)c1cccc(CS(C)=O)c1. The summed E-state index contributed by atoms with van der Waals surface area (Å²) in [4.78, 5) is 11.4. The average Bonchev–Trinajstić information content (AvgIpc) is 2.17. The fraction of sp³-hybridized carbons (Fsp3) is 0.364. The van der Waals surface area contributed by atoms with E-state index in [9.17, 15) is 9.00 Å². The van der Waals surface area contributed by atoms with Crippen molar-refractivity contribution >= 4 is 16.8 Å². The maximum Gasteiger partial charge on any atom is 0.338 e. The second-order valence-corrected chi connectivity index (χ2v) is 4.57. The molecule has 0 N–H and O–H groups in total. The summed E-state index contributed by atoms with van der Waals surface area (Å²) >= 11 is 0. The molecule has 0 bridgehead atoms. The molecule has 0 amide bonds. The molecule has 15 heavy (non-hydrogen) atoms. The van der Waals surface area contributed by atoms with Crippen LogP contribution in [0.2, 0.25) is 0 Å². The van der Waals surface area contributed by atoms with E-state index in [2.05, 4.69) is 0 Å². The summed E-state index contributed by atoms with van der Waals surface area (Å²) in [6, 6.07) is 7.04. The van der Waals surface area contributed by atoms with Crippen LogP contribution in [0.5, 0.6) is 0 Å². The molecule has 1 rings (SSSR count). The van der Waals surface area contributed by atoms with E-state index < -0.39 is 10.8 Å².